The molecule has 0 radical (unpaired) electrons. The van der Waals surface area contributed by atoms with Crippen LogP contribution in [0.4, 0.5) is 10.2 Å². The van der Waals surface area contributed by atoms with Crippen molar-refractivity contribution in [1.29, 1.82) is 0 Å². The Morgan fingerprint density at radius 1 is 1.04 bits per heavy atom. The summed E-state index contributed by atoms with van der Waals surface area (Å²) >= 11 is 0. The first-order valence-electron chi connectivity index (χ1n) is 8.12. The first kappa shape index (κ1) is 18.9. The fourth-order valence-corrected chi connectivity index (χ4v) is 3.15. The Balaban J connectivity index is 1.77. The molecule has 3 rings (SSSR count). The number of aromatic nitrogens is 3. The van der Waals surface area contributed by atoms with Crippen LogP contribution < -0.4 is 10.0 Å². The van der Waals surface area contributed by atoms with Crippen molar-refractivity contribution in [2.45, 2.75) is 17.9 Å². The van der Waals surface area contributed by atoms with Gasteiger partial charge in [0.1, 0.15) is 16.5 Å². The molecule has 1 aromatic carbocycles. The molecule has 1 atom stereocenters. The third kappa shape index (κ3) is 4.44. The number of hydrogen-bond donors (Lipinski definition) is 2. The molecule has 3 aromatic rings. The second kappa shape index (κ2) is 7.77. The summed E-state index contributed by atoms with van der Waals surface area (Å²) in [5.74, 6) is 0.258. The van der Waals surface area contributed by atoms with Crippen LogP contribution >= 0.6 is 0 Å². The highest BCUT2D eigenvalue weighted by molar-refractivity contribution is 7.89. The lowest BCUT2D eigenvalue weighted by Crippen LogP contribution is -2.18. The Morgan fingerprint density at radius 3 is 2.41 bits per heavy atom. The van der Waals surface area contributed by atoms with E-state index in [2.05, 4.69) is 25.0 Å². The first-order chi connectivity index (χ1) is 12.9. The SMILES string of the molecule is CNS(=O)(=O)c1cncc(-c2cnc(N[C@H](C)c3ccc(F)cc3)cn2)c1. The molecule has 0 saturated carbocycles. The molecule has 0 fully saturated rings. The average Bonchev–Trinajstić information content (AvgIpc) is 2.69. The highest BCUT2D eigenvalue weighted by Crippen LogP contribution is 2.21. The number of anilines is 1. The summed E-state index contributed by atoms with van der Waals surface area (Å²) in [6.07, 6.45) is 5.87. The molecule has 0 aliphatic heterocycles. The van der Waals surface area contributed by atoms with Crippen LogP contribution in [0.25, 0.3) is 11.3 Å². The minimum atomic E-state index is -3.59. The Hall–Kier alpha value is -2.91. The van der Waals surface area contributed by atoms with Crippen LogP contribution in [-0.2, 0) is 10.0 Å². The summed E-state index contributed by atoms with van der Waals surface area (Å²) in [5, 5.41) is 3.18. The molecule has 2 aromatic heterocycles. The highest BCUT2D eigenvalue weighted by atomic mass is 32.2. The highest BCUT2D eigenvalue weighted by Gasteiger charge is 2.14. The van der Waals surface area contributed by atoms with Crippen LogP contribution in [-0.4, -0.2) is 30.4 Å². The van der Waals surface area contributed by atoms with Crippen LogP contribution in [0.5, 0.6) is 0 Å². The Labute approximate surface area is 156 Å². The lowest BCUT2D eigenvalue weighted by molar-refractivity contribution is 0.588. The Bertz CT molecular complexity index is 1020. The number of benzene rings is 1. The Morgan fingerprint density at radius 2 is 1.78 bits per heavy atom. The van der Waals surface area contributed by atoms with Crippen molar-refractivity contribution in [2.75, 3.05) is 12.4 Å². The van der Waals surface area contributed by atoms with Crippen molar-refractivity contribution in [3.63, 3.8) is 0 Å². The van der Waals surface area contributed by atoms with E-state index in [1.807, 2.05) is 6.92 Å². The van der Waals surface area contributed by atoms with E-state index >= 15 is 0 Å². The van der Waals surface area contributed by atoms with E-state index in [0.29, 0.717) is 17.1 Å². The maximum atomic E-state index is 13.0. The molecule has 0 aliphatic carbocycles. The third-order valence-electron chi connectivity index (χ3n) is 3.97. The van der Waals surface area contributed by atoms with Crippen molar-refractivity contribution in [1.82, 2.24) is 19.7 Å². The van der Waals surface area contributed by atoms with Crippen molar-refractivity contribution in [3.8, 4) is 11.3 Å². The average molecular weight is 387 g/mol. The normalized spacial score (nSPS) is 12.6. The van der Waals surface area contributed by atoms with Gasteiger partial charge in [0.15, 0.2) is 0 Å². The van der Waals surface area contributed by atoms with E-state index in [1.54, 1.807) is 18.3 Å². The zero-order chi connectivity index (χ0) is 19.4. The first-order valence-corrected chi connectivity index (χ1v) is 9.60. The fourth-order valence-electron chi connectivity index (χ4n) is 2.43. The number of sulfonamides is 1. The molecule has 2 heterocycles. The van der Waals surface area contributed by atoms with E-state index in [0.717, 1.165) is 5.56 Å². The Kier molecular flexibility index (Phi) is 5.43. The van der Waals surface area contributed by atoms with Crippen molar-refractivity contribution in [2.24, 2.45) is 0 Å². The zero-order valence-electron chi connectivity index (χ0n) is 14.7. The predicted octanol–water partition coefficient (Wildman–Crippen LogP) is 2.76. The van der Waals surface area contributed by atoms with Crippen molar-refractivity contribution in [3.05, 3.63) is 66.5 Å². The van der Waals surface area contributed by atoms with Crippen LogP contribution in [0, 0.1) is 5.82 Å². The summed E-state index contributed by atoms with van der Waals surface area (Å²) in [6.45, 7) is 1.93. The summed E-state index contributed by atoms with van der Waals surface area (Å²) in [4.78, 5) is 12.6. The van der Waals surface area contributed by atoms with Crippen molar-refractivity contribution < 1.29 is 12.8 Å². The van der Waals surface area contributed by atoms with E-state index in [4.69, 9.17) is 0 Å². The van der Waals surface area contributed by atoms with Gasteiger partial charge in [-0.05, 0) is 37.7 Å². The standard InChI is InChI=1S/C18H18FN5O2S/c1-12(13-3-5-15(19)6-4-13)24-18-11-22-17(10-23-18)14-7-16(9-21-8-14)27(25,26)20-2/h3-12,20H,1-2H3,(H,23,24)/t12-/m1/s1. The molecule has 0 saturated heterocycles. The maximum Gasteiger partial charge on any atom is 0.241 e. The van der Waals surface area contributed by atoms with E-state index in [9.17, 15) is 12.8 Å². The molecule has 0 aliphatic rings. The molecule has 27 heavy (non-hydrogen) atoms. The van der Waals surface area contributed by atoms with Gasteiger partial charge >= 0.3 is 0 Å². The zero-order valence-corrected chi connectivity index (χ0v) is 15.5. The molecule has 0 amide bonds. The van der Waals surface area contributed by atoms with Gasteiger partial charge in [0.2, 0.25) is 10.0 Å². The molecule has 0 unspecified atom stereocenters. The topological polar surface area (TPSA) is 96.9 Å². The fraction of sp³-hybridized carbons (Fsp3) is 0.167. The number of hydrogen-bond acceptors (Lipinski definition) is 6. The van der Waals surface area contributed by atoms with Gasteiger partial charge < -0.3 is 5.32 Å². The second-order valence-electron chi connectivity index (χ2n) is 5.82. The van der Waals surface area contributed by atoms with Gasteiger partial charge in [-0.3, -0.25) is 9.97 Å². The van der Waals surface area contributed by atoms with Crippen LogP contribution in [0.3, 0.4) is 0 Å². The summed E-state index contributed by atoms with van der Waals surface area (Å²) in [5.41, 5.74) is 1.95. The minimum absolute atomic E-state index is 0.0523. The summed E-state index contributed by atoms with van der Waals surface area (Å²) in [6, 6.07) is 7.61. The van der Waals surface area contributed by atoms with Crippen LogP contribution in [0.1, 0.15) is 18.5 Å². The van der Waals surface area contributed by atoms with E-state index in [1.165, 1.54) is 43.8 Å². The number of halogens is 1. The molecule has 140 valence electrons. The lowest BCUT2D eigenvalue weighted by atomic mass is 10.1. The van der Waals surface area contributed by atoms with Crippen LogP contribution in [0.15, 0.2) is 60.0 Å². The number of nitrogens with one attached hydrogen (secondary N) is 2. The summed E-state index contributed by atoms with van der Waals surface area (Å²) in [7, 11) is -2.25. The number of nitrogens with zero attached hydrogens (tertiary/aromatic N) is 3. The van der Waals surface area contributed by atoms with Gasteiger partial charge in [0.25, 0.3) is 0 Å². The minimum Gasteiger partial charge on any atom is -0.362 e. The molecule has 0 bridgehead atoms. The quantitative estimate of drug-likeness (QED) is 0.675. The summed E-state index contributed by atoms with van der Waals surface area (Å²) < 4.78 is 39.1. The monoisotopic (exact) mass is 387 g/mol. The smallest absolute Gasteiger partial charge is 0.241 e. The third-order valence-corrected chi connectivity index (χ3v) is 5.36. The molecular formula is C18H18FN5O2S. The molecular weight excluding hydrogens is 369 g/mol. The van der Waals surface area contributed by atoms with E-state index in [-0.39, 0.29) is 16.8 Å². The number of pyridine rings is 1. The molecule has 2 N–H and O–H groups in total. The molecule has 0 spiro atoms. The van der Waals surface area contributed by atoms with Gasteiger partial charge in [0.05, 0.1) is 18.1 Å². The maximum absolute atomic E-state index is 13.0. The van der Waals surface area contributed by atoms with Gasteiger partial charge in [-0.2, -0.15) is 0 Å². The molecule has 9 heteroatoms. The van der Waals surface area contributed by atoms with Gasteiger partial charge in [-0.15, -0.1) is 0 Å². The van der Waals surface area contributed by atoms with Gasteiger partial charge in [-0.1, -0.05) is 12.1 Å². The van der Waals surface area contributed by atoms with Crippen LogP contribution in [0.2, 0.25) is 0 Å². The van der Waals surface area contributed by atoms with Crippen molar-refractivity contribution >= 4 is 15.8 Å². The predicted molar refractivity (Wildman–Crippen MR) is 99.9 cm³/mol. The van der Waals surface area contributed by atoms with E-state index < -0.39 is 10.0 Å². The largest absolute Gasteiger partial charge is 0.362 e. The number of rotatable bonds is 6. The molecule has 7 nitrogen and oxygen atoms in total. The van der Waals surface area contributed by atoms with Gasteiger partial charge in [-0.25, -0.2) is 22.5 Å². The van der Waals surface area contributed by atoms with Gasteiger partial charge in [0, 0.05) is 24.0 Å². The second-order valence-corrected chi connectivity index (χ2v) is 7.71. The lowest BCUT2D eigenvalue weighted by Gasteiger charge is -2.15.